The third kappa shape index (κ3) is 2.91. The molecule has 0 aliphatic heterocycles. The van der Waals surface area contributed by atoms with Gasteiger partial charge >= 0.3 is 0 Å². The van der Waals surface area contributed by atoms with E-state index in [0.717, 1.165) is 0 Å². The van der Waals surface area contributed by atoms with Gasteiger partial charge in [-0.05, 0) is 12.1 Å². The predicted molar refractivity (Wildman–Crippen MR) is 48.0 cm³/mol. The van der Waals surface area contributed by atoms with Gasteiger partial charge in [0.1, 0.15) is 11.6 Å². The zero-order valence-corrected chi connectivity index (χ0v) is 7.16. The number of rotatable bonds is 4. The van der Waals surface area contributed by atoms with Crippen LogP contribution in [0.25, 0.3) is 0 Å². The lowest BCUT2D eigenvalue weighted by molar-refractivity contribution is 0.234. The Hall–Kier alpha value is -1.29. The Morgan fingerprint density at radius 2 is 2.23 bits per heavy atom. The molecule has 0 saturated carbocycles. The molecule has 1 aromatic carbocycles. The fourth-order valence-corrected chi connectivity index (χ4v) is 0.897. The first kappa shape index (κ1) is 9.80. The van der Waals surface area contributed by atoms with Gasteiger partial charge in [0, 0.05) is 19.1 Å². The Balaban J connectivity index is 2.56. The quantitative estimate of drug-likeness (QED) is 0.547. The van der Waals surface area contributed by atoms with Crippen LogP contribution in [0.3, 0.4) is 0 Å². The molecule has 0 spiro atoms. The normalized spacial score (nSPS) is 10.0. The molecule has 13 heavy (non-hydrogen) atoms. The Bertz CT molecular complexity index is 278. The van der Waals surface area contributed by atoms with Crippen LogP contribution in [0.2, 0.25) is 0 Å². The van der Waals surface area contributed by atoms with Gasteiger partial charge < -0.3 is 15.6 Å². The van der Waals surface area contributed by atoms with E-state index in [1.165, 1.54) is 18.2 Å². The first-order valence-electron chi connectivity index (χ1n) is 4.02. The molecule has 0 aromatic heterocycles. The second-order valence-electron chi connectivity index (χ2n) is 2.61. The van der Waals surface area contributed by atoms with Gasteiger partial charge in [0.05, 0.1) is 12.3 Å². The van der Waals surface area contributed by atoms with Crippen molar-refractivity contribution in [1.29, 1.82) is 0 Å². The number of ether oxygens (including phenoxy) is 1. The maximum Gasteiger partial charge on any atom is 0.142 e. The van der Waals surface area contributed by atoms with E-state index in [2.05, 4.69) is 0 Å². The molecule has 0 heterocycles. The van der Waals surface area contributed by atoms with Crippen molar-refractivity contribution >= 4 is 5.69 Å². The summed E-state index contributed by atoms with van der Waals surface area (Å²) in [5.41, 5.74) is 5.75. The minimum absolute atomic E-state index is 0.0705. The van der Waals surface area contributed by atoms with E-state index < -0.39 is 0 Å². The molecule has 0 fully saturated rings. The Kier molecular flexibility index (Phi) is 3.52. The van der Waals surface area contributed by atoms with Crippen LogP contribution in [0, 0.1) is 5.82 Å². The van der Waals surface area contributed by atoms with Crippen LogP contribution >= 0.6 is 0 Å². The van der Waals surface area contributed by atoms with Gasteiger partial charge in [0.2, 0.25) is 0 Å². The summed E-state index contributed by atoms with van der Waals surface area (Å²) in [6.45, 7) is 0.452. The molecule has 4 heteroatoms. The molecule has 0 radical (unpaired) electrons. The smallest absolute Gasteiger partial charge is 0.142 e. The van der Waals surface area contributed by atoms with Gasteiger partial charge in [0.15, 0.2) is 0 Å². The summed E-state index contributed by atoms with van der Waals surface area (Å²) < 4.78 is 17.7. The van der Waals surface area contributed by atoms with Gasteiger partial charge in [-0.25, -0.2) is 4.39 Å². The summed E-state index contributed by atoms with van der Waals surface area (Å²) in [7, 11) is 0. The Morgan fingerprint density at radius 3 is 2.85 bits per heavy atom. The van der Waals surface area contributed by atoms with Gasteiger partial charge in [-0.3, -0.25) is 0 Å². The first-order chi connectivity index (χ1) is 6.24. The summed E-state index contributed by atoms with van der Waals surface area (Å²) in [6.07, 6.45) is 0.539. The summed E-state index contributed by atoms with van der Waals surface area (Å²) in [5, 5.41) is 8.49. The van der Waals surface area contributed by atoms with E-state index in [1.54, 1.807) is 0 Å². The van der Waals surface area contributed by atoms with Crippen molar-refractivity contribution < 1.29 is 14.2 Å². The molecule has 0 aliphatic rings. The topological polar surface area (TPSA) is 55.5 Å². The number of halogens is 1. The largest absolute Gasteiger partial charge is 0.491 e. The zero-order valence-electron chi connectivity index (χ0n) is 7.16. The van der Waals surface area contributed by atoms with Crippen molar-refractivity contribution in [3.8, 4) is 5.75 Å². The molecule has 3 nitrogen and oxygen atoms in total. The SMILES string of the molecule is Nc1cc(F)ccc1OCCCO. The lowest BCUT2D eigenvalue weighted by atomic mass is 10.3. The van der Waals surface area contributed by atoms with E-state index in [-0.39, 0.29) is 18.1 Å². The van der Waals surface area contributed by atoms with Crippen LogP contribution in [0.15, 0.2) is 18.2 Å². The molecule has 0 atom stereocenters. The third-order valence-electron chi connectivity index (χ3n) is 1.53. The highest BCUT2D eigenvalue weighted by Crippen LogP contribution is 2.21. The highest BCUT2D eigenvalue weighted by Gasteiger charge is 2.00. The monoisotopic (exact) mass is 185 g/mol. The lowest BCUT2D eigenvalue weighted by Gasteiger charge is -2.07. The maximum atomic E-state index is 12.6. The lowest BCUT2D eigenvalue weighted by Crippen LogP contribution is -2.02. The standard InChI is InChI=1S/C9H12FNO2/c10-7-2-3-9(8(11)6-7)13-5-1-4-12/h2-3,6,12H,1,4-5,11H2. The highest BCUT2D eigenvalue weighted by molar-refractivity contribution is 5.52. The van der Waals surface area contributed by atoms with Crippen molar-refractivity contribution in [2.24, 2.45) is 0 Å². The molecular formula is C9H12FNO2. The van der Waals surface area contributed by atoms with Crippen LogP contribution in [0.1, 0.15) is 6.42 Å². The molecule has 72 valence electrons. The molecular weight excluding hydrogens is 173 g/mol. The van der Waals surface area contributed by atoms with Crippen LogP contribution in [0.4, 0.5) is 10.1 Å². The van der Waals surface area contributed by atoms with Crippen molar-refractivity contribution in [3.05, 3.63) is 24.0 Å². The summed E-state index contributed by atoms with van der Waals surface area (Å²) in [4.78, 5) is 0. The average Bonchev–Trinajstić information content (AvgIpc) is 2.09. The van der Waals surface area contributed by atoms with Gasteiger partial charge in [0.25, 0.3) is 0 Å². The van der Waals surface area contributed by atoms with Crippen LogP contribution in [-0.4, -0.2) is 18.3 Å². The van der Waals surface area contributed by atoms with Crippen molar-refractivity contribution in [2.75, 3.05) is 18.9 Å². The van der Waals surface area contributed by atoms with Crippen molar-refractivity contribution in [2.45, 2.75) is 6.42 Å². The Morgan fingerprint density at radius 1 is 1.46 bits per heavy atom. The number of anilines is 1. The minimum atomic E-state index is -0.382. The Labute approximate surface area is 75.9 Å². The second kappa shape index (κ2) is 4.67. The molecule has 0 aliphatic carbocycles. The van der Waals surface area contributed by atoms with Crippen molar-refractivity contribution in [1.82, 2.24) is 0 Å². The predicted octanol–water partition coefficient (Wildman–Crippen LogP) is 1.17. The summed E-state index contributed by atoms with van der Waals surface area (Å²) in [6, 6.07) is 3.96. The van der Waals surface area contributed by atoms with E-state index >= 15 is 0 Å². The van der Waals surface area contributed by atoms with Crippen molar-refractivity contribution in [3.63, 3.8) is 0 Å². The third-order valence-corrected chi connectivity index (χ3v) is 1.53. The second-order valence-corrected chi connectivity index (χ2v) is 2.61. The maximum absolute atomic E-state index is 12.6. The minimum Gasteiger partial charge on any atom is -0.491 e. The highest BCUT2D eigenvalue weighted by atomic mass is 19.1. The first-order valence-corrected chi connectivity index (χ1v) is 4.02. The molecule has 0 saturated heterocycles. The number of aliphatic hydroxyl groups excluding tert-OH is 1. The van der Waals surface area contributed by atoms with E-state index in [0.29, 0.717) is 18.8 Å². The summed E-state index contributed by atoms with van der Waals surface area (Å²) >= 11 is 0. The summed E-state index contributed by atoms with van der Waals surface area (Å²) in [5.74, 6) is 0.0712. The van der Waals surface area contributed by atoms with Gasteiger partial charge in [-0.1, -0.05) is 0 Å². The molecule has 1 rings (SSSR count). The molecule has 0 unspecified atom stereocenters. The van der Waals surface area contributed by atoms with E-state index in [4.69, 9.17) is 15.6 Å². The average molecular weight is 185 g/mol. The number of aliphatic hydroxyl groups is 1. The fraction of sp³-hybridized carbons (Fsp3) is 0.333. The number of hydrogen-bond donors (Lipinski definition) is 2. The van der Waals surface area contributed by atoms with E-state index in [1.807, 2.05) is 0 Å². The molecule has 1 aromatic rings. The number of nitrogens with two attached hydrogens (primary N) is 1. The fourth-order valence-electron chi connectivity index (χ4n) is 0.897. The zero-order chi connectivity index (χ0) is 9.68. The molecule has 0 bridgehead atoms. The number of nitrogen functional groups attached to an aromatic ring is 1. The molecule has 0 amide bonds. The van der Waals surface area contributed by atoms with Crippen LogP contribution in [-0.2, 0) is 0 Å². The molecule has 3 N–H and O–H groups in total. The van der Waals surface area contributed by atoms with Gasteiger partial charge in [-0.2, -0.15) is 0 Å². The van der Waals surface area contributed by atoms with Gasteiger partial charge in [-0.15, -0.1) is 0 Å². The number of hydrogen-bond acceptors (Lipinski definition) is 3. The number of benzene rings is 1. The van der Waals surface area contributed by atoms with E-state index in [9.17, 15) is 4.39 Å². The van der Waals surface area contributed by atoms with Crippen LogP contribution in [0.5, 0.6) is 5.75 Å². The van der Waals surface area contributed by atoms with Crippen LogP contribution < -0.4 is 10.5 Å².